The first-order valence-electron chi connectivity index (χ1n) is 8.01. The molecule has 0 unspecified atom stereocenters. The van der Waals surface area contributed by atoms with Crippen molar-refractivity contribution in [2.24, 2.45) is 0 Å². The van der Waals surface area contributed by atoms with E-state index in [1.807, 2.05) is 30.3 Å². The van der Waals surface area contributed by atoms with Gasteiger partial charge in [-0.3, -0.25) is 0 Å². The number of carbonyl (C=O) groups is 1. The van der Waals surface area contributed by atoms with E-state index in [2.05, 4.69) is 13.0 Å². The zero-order valence-electron chi connectivity index (χ0n) is 13.6. The number of carbonyl (C=O) groups excluding carboxylic acids is 1. The van der Waals surface area contributed by atoms with Crippen molar-refractivity contribution >= 4 is 28.6 Å². The molecule has 0 fully saturated rings. The topological polar surface area (TPSA) is 26.3 Å². The summed E-state index contributed by atoms with van der Waals surface area (Å²) in [5.74, 6) is -0.358. The van der Waals surface area contributed by atoms with E-state index in [-0.39, 0.29) is 5.82 Å². The van der Waals surface area contributed by atoms with Crippen LogP contribution in [0.4, 0.5) is 4.39 Å². The summed E-state index contributed by atoms with van der Waals surface area (Å²) in [6.45, 7) is 2.05. The van der Waals surface area contributed by atoms with Crippen LogP contribution in [0.5, 0.6) is 0 Å². The summed E-state index contributed by atoms with van der Waals surface area (Å²) in [4.78, 5) is 12.1. The van der Waals surface area contributed by atoms with Gasteiger partial charge in [0, 0.05) is 11.1 Å². The molecule has 0 saturated heterocycles. The van der Waals surface area contributed by atoms with Crippen LogP contribution in [0.1, 0.15) is 16.7 Å². The van der Waals surface area contributed by atoms with Gasteiger partial charge in [0.15, 0.2) is 0 Å². The molecule has 0 N–H and O–H groups in total. The van der Waals surface area contributed by atoms with Gasteiger partial charge in [0.05, 0.1) is 5.57 Å². The average Bonchev–Trinajstić information content (AvgIpc) is 2.97. The first-order chi connectivity index (χ1) is 12.1. The highest BCUT2D eigenvalue weighted by Crippen LogP contribution is 2.30. The van der Waals surface area contributed by atoms with Crippen molar-refractivity contribution in [2.75, 3.05) is 0 Å². The highest BCUT2D eigenvalue weighted by atomic mass is 19.1. The first-order valence-corrected chi connectivity index (χ1v) is 8.01. The molecular weight excluding hydrogens is 315 g/mol. The quantitative estimate of drug-likeness (QED) is 0.473. The summed E-state index contributed by atoms with van der Waals surface area (Å²) in [5.41, 5.74) is 2.72. The van der Waals surface area contributed by atoms with E-state index in [0.29, 0.717) is 16.9 Å². The van der Waals surface area contributed by atoms with Crippen LogP contribution in [-0.4, -0.2) is 5.97 Å². The summed E-state index contributed by atoms with van der Waals surface area (Å²) < 4.78 is 19.2. The lowest BCUT2D eigenvalue weighted by atomic mass is 10.0. The number of hydrogen-bond donors (Lipinski definition) is 0. The van der Waals surface area contributed by atoms with E-state index in [0.717, 1.165) is 16.3 Å². The molecular formula is C22H15FO2. The monoisotopic (exact) mass is 330 g/mol. The van der Waals surface area contributed by atoms with E-state index in [4.69, 9.17) is 4.74 Å². The number of benzene rings is 3. The molecule has 4 rings (SSSR count). The molecule has 3 aromatic rings. The summed E-state index contributed by atoms with van der Waals surface area (Å²) in [5, 5.41) is 2.21. The van der Waals surface area contributed by atoms with Gasteiger partial charge in [0.25, 0.3) is 0 Å². The molecule has 122 valence electrons. The Morgan fingerprint density at radius 3 is 2.56 bits per heavy atom. The van der Waals surface area contributed by atoms with Gasteiger partial charge in [-0.25, -0.2) is 9.18 Å². The molecule has 0 spiro atoms. The summed E-state index contributed by atoms with van der Waals surface area (Å²) >= 11 is 0. The number of esters is 1. The van der Waals surface area contributed by atoms with Crippen molar-refractivity contribution in [1.29, 1.82) is 0 Å². The van der Waals surface area contributed by atoms with Gasteiger partial charge >= 0.3 is 5.97 Å². The minimum absolute atomic E-state index is 0.337. The van der Waals surface area contributed by atoms with Gasteiger partial charge in [-0.05, 0) is 42.0 Å². The van der Waals surface area contributed by atoms with Crippen molar-refractivity contribution in [1.82, 2.24) is 0 Å². The molecule has 25 heavy (non-hydrogen) atoms. The minimum Gasteiger partial charge on any atom is -0.422 e. The Balaban J connectivity index is 1.73. The molecule has 1 heterocycles. The molecule has 2 nitrogen and oxygen atoms in total. The van der Waals surface area contributed by atoms with E-state index in [9.17, 15) is 9.18 Å². The van der Waals surface area contributed by atoms with Crippen LogP contribution in [0.2, 0.25) is 0 Å². The Morgan fingerprint density at radius 1 is 0.960 bits per heavy atom. The number of aryl methyl sites for hydroxylation is 1. The smallest absolute Gasteiger partial charge is 0.343 e. The second-order valence-electron chi connectivity index (χ2n) is 6.08. The van der Waals surface area contributed by atoms with Gasteiger partial charge in [0.1, 0.15) is 11.6 Å². The second kappa shape index (κ2) is 6.02. The SMILES string of the molecule is Cc1ccc2cc(C3=C/C(=C/c4ccccc4F)C(=O)O3)ccc2c1. The number of fused-ring (bicyclic) bond motifs is 1. The molecule has 0 saturated carbocycles. The van der Waals surface area contributed by atoms with Crippen molar-refractivity contribution < 1.29 is 13.9 Å². The lowest BCUT2D eigenvalue weighted by Crippen LogP contribution is -1.97. The summed E-state index contributed by atoms with van der Waals surface area (Å²) in [7, 11) is 0. The maximum atomic E-state index is 13.8. The van der Waals surface area contributed by atoms with E-state index >= 15 is 0 Å². The van der Waals surface area contributed by atoms with Gasteiger partial charge in [-0.2, -0.15) is 0 Å². The van der Waals surface area contributed by atoms with Crippen molar-refractivity contribution in [3.05, 3.63) is 94.8 Å². The van der Waals surface area contributed by atoms with E-state index < -0.39 is 5.97 Å². The molecule has 0 bridgehead atoms. The van der Waals surface area contributed by atoms with E-state index in [1.165, 1.54) is 17.7 Å². The van der Waals surface area contributed by atoms with Crippen LogP contribution < -0.4 is 0 Å². The van der Waals surface area contributed by atoms with Gasteiger partial charge in [0.2, 0.25) is 0 Å². The third-order valence-corrected chi connectivity index (χ3v) is 4.22. The predicted octanol–water partition coefficient (Wildman–Crippen LogP) is 5.27. The van der Waals surface area contributed by atoms with Gasteiger partial charge in [-0.15, -0.1) is 0 Å². The largest absolute Gasteiger partial charge is 0.422 e. The molecule has 3 aromatic carbocycles. The fraction of sp³-hybridized carbons (Fsp3) is 0.0455. The summed E-state index contributed by atoms with van der Waals surface area (Å²) in [6, 6.07) is 18.4. The highest BCUT2D eigenvalue weighted by molar-refractivity contribution is 6.05. The molecule has 0 atom stereocenters. The zero-order valence-corrected chi connectivity index (χ0v) is 13.6. The number of cyclic esters (lactones) is 1. The molecule has 1 aliphatic rings. The van der Waals surface area contributed by atoms with Crippen LogP contribution in [-0.2, 0) is 9.53 Å². The maximum absolute atomic E-state index is 13.8. The number of rotatable bonds is 2. The fourth-order valence-electron chi connectivity index (χ4n) is 2.91. The maximum Gasteiger partial charge on any atom is 0.343 e. The summed E-state index contributed by atoms with van der Waals surface area (Å²) in [6.07, 6.45) is 3.17. The molecule has 1 aliphatic heterocycles. The molecule has 0 amide bonds. The molecule has 3 heteroatoms. The Bertz CT molecular complexity index is 1060. The number of hydrogen-bond acceptors (Lipinski definition) is 2. The van der Waals surface area contributed by atoms with Gasteiger partial charge < -0.3 is 4.74 Å². The van der Waals surface area contributed by atoms with Crippen LogP contribution >= 0.6 is 0 Å². The van der Waals surface area contributed by atoms with Crippen LogP contribution in [0.25, 0.3) is 22.6 Å². The third kappa shape index (κ3) is 2.96. The van der Waals surface area contributed by atoms with Gasteiger partial charge in [-0.1, -0.05) is 54.1 Å². The average molecular weight is 330 g/mol. The predicted molar refractivity (Wildman–Crippen MR) is 97.1 cm³/mol. The number of ether oxygens (including phenoxy) is 1. The first kappa shape index (κ1) is 15.3. The van der Waals surface area contributed by atoms with Crippen molar-refractivity contribution in [3.8, 4) is 0 Å². The highest BCUT2D eigenvalue weighted by Gasteiger charge is 2.22. The van der Waals surface area contributed by atoms with Crippen LogP contribution in [0.15, 0.2) is 72.3 Å². The lowest BCUT2D eigenvalue weighted by Gasteiger charge is -2.05. The zero-order chi connectivity index (χ0) is 17.4. The molecule has 0 aliphatic carbocycles. The second-order valence-corrected chi connectivity index (χ2v) is 6.08. The third-order valence-electron chi connectivity index (χ3n) is 4.22. The standard InChI is InChI=1S/C22H15FO2/c1-14-6-7-16-11-18(9-8-15(16)10-14)21-13-19(22(24)25-21)12-17-4-2-3-5-20(17)23/h2-13H,1H3/b19-12-. The Kier molecular flexibility index (Phi) is 3.69. The normalized spacial score (nSPS) is 15.5. The van der Waals surface area contributed by atoms with Crippen molar-refractivity contribution in [2.45, 2.75) is 6.92 Å². The Hall–Kier alpha value is -3.20. The number of halogens is 1. The van der Waals surface area contributed by atoms with Crippen LogP contribution in [0.3, 0.4) is 0 Å². The fourth-order valence-corrected chi connectivity index (χ4v) is 2.91. The lowest BCUT2D eigenvalue weighted by molar-refractivity contribution is -0.130. The Morgan fingerprint density at radius 2 is 1.72 bits per heavy atom. The Labute approximate surface area is 144 Å². The molecule has 0 radical (unpaired) electrons. The van der Waals surface area contributed by atoms with E-state index in [1.54, 1.807) is 24.3 Å². The molecule has 0 aromatic heterocycles. The van der Waals surface area contributed by atoms with Crippen LogP contribution in [0, 0.1) is 12.7 Å². The minimum atomic E-state index is -0.470. The van der Waals surface area contributed by atoms with Crippen molar-refractivity contribution in [3.63, 3.8) is 0 Å².